The van der Waals surface area contributed by atoms with Gasteiger partial charge in [0.25, 0.3) is 0 Å². The number of thiol groups is 1. The molecule has 15 nitrogen and oxygen atoms in total. The third-order valence-electron chi connectivity index (χ3n) is 4.09. The van der Waals surface area contributed by atoms with Crippen LogP contribution in [0.4, 0.5) is 0 Å². The zero-order chi connectivity index (χ0) is 26.8. The van der Waals surface area contributed by atoms with Crippen LogP contribution in [0, 0.1) is 0 Å². The molecular formula is C19H27N7O8S. The second kappa shape index (κ2) is 17.5. The number of nitrogens with two attached hydrogens (primary N) is 1. The number of benzene rings is 1. The number of carboxylic acid groups (broad SMARTS) is 3. The Morgan fingerprint density at radius 3 is 2.17 bits per heavy atom. The lowest BCUT2D eigenvalue weighted by Crippen LogP contribution is -2.49. The highest BCUT2D eigenvalue weighted by Gasteiger charge is 2.21. The zero-order valence-electron chi connectivity index (χ0n) is 18.4. The Hall–Kier alpha value is -4.01. The van der Waals surface area contributed by atoms with Gasteiger partial charge in [-0.1, -0.05) is 30.3 Å². The van der Waals surface area contributed by atoms with Crippen LogP contribution in [0.15, 0.2) is 35.6 Å². The molecule has 0 bridgehead atoms. The molecule has 0 saturated heterocycles. The summed E-state index contributed by atoms with van der Waals surface area (Å²) in [7, 11) is 0. The van der Waals surface area contributed by atoms with Crippen LogP contribution < -0.4 is 21.8 Å². The number of hydrogen-bond donors (Lipinski definition) is 8. The van der Waals surface area contributed by atoms with Crippen LogP contribution in [-0.2, 0) is 30.4 Å². The number of carboxylic acids is 3. The Morgan fingerprint density at radius 1 is 1.06 bits per heavy atom. The molecule has 0 fully saturated rings. The first kappa shape index (κ1) is 31.0. The Balaban J connectivity index is 0.000000686. The molecule has 8 N–H and O–H groups in total. The van der Waals surface area contributed by atoms with Gasteiger partial charge in [-0.05, 0) is 17.2 Å². The van der Waals surface area contributed by atoms with Crippen LogP contribution in [-0.4, -0.2) is 75.5 Å². The van der Waals surface area contributed by atoms with Crippen LogP contribution in [0.3, 0.4) is 0 Å². The number of carbonyl (C=O) groups excluding carboxylic acids is 2. The van der Waals surface area contributed by atoms with Crippen LogP contribution >= 0.6 is 12.6 Å². The summed E-state index contributed by atoms with van der Waals surface area (Å²) in [5.74, 6) is -4.75. The third kappa shape index (κ3) is 14.7. The smallest absolute Gasteiger partial charge is 0.349 e. The number of carbonyl (C=O) groups is 5. The number of aliphatic carboxylic acids is 3. The van der Waals surface area contributed by atoms with Crippen LogP contribution in [0.2, 0.25) is 0 Å². The molecule has 16 heteroatoms. The maximum atomic E-state index is 11.5. The van der Waals surface area contributed by atoms with E-state index < -0.39 is 54.4 Å². The minimum absolute atomic E-state index is 0.0256. The third-order valence-corrected chi connectivity index (χ3v) is 4.45. The molecule has 0 spiro atoms. The maximum absolute atomic E-state index is 11.5. The Bertz CT molecular complexity index is 912. The molecule has 0 aliphatic heterocycles. The molecule has 3 atom stereocenters. The topological polar surface area (TPSA) is 257 Å². The highest BCUT2D eigenvalue weighted by Crippen LogP contribution is 2.03. The molecule has 0 aromatic heterocycles. The van der Waals surface area contributed by atoms with Gasteiger partial charge in [0.05, 0.1) is 0 Å². The van der Waals surface area contributed by atoms with Crippen molar-refractivity contribution in [2.24, 2.45) is 11.0 Å². The van der Waals surface area contributed by atoms with Gasteiger partial charge in [0.15, 0.2) is 6.04 Å². The van der Waals surface area contributed by atoms with Gasteiger partial charge in [0, 0.05) is 18.6 Å². The van der Waals surface area contributed by atoms with E-state index in [1.807, 2.05) is 30.3 Å². The summed E-state index contributed by atoms with van der Waals surface area (Å²) in [5.41, 5.74) is 16.4. The fourth-order valence-corrected chi connectivity index (χ4v) is 2.55. The lowest BCUT2D eigenvalue weighted by molar-refractivity contribution is -0.140. The highest BCUT2D eigenvalue weighted by molar-refractivity contribution is 7.80. The molecule has 1 rings (SSSR count). The fraction of sp³-hybridized carbons (Fsp3) is 0.421. The maximum Gasteiger partial charge on any atom is 0.349 e. The van der Waals surface area contributed by atoms with Crippen molar-refractivity contribution in [2.45, 2.75) is 37.4 Å². The molecule has 0 radical (unpaired) electrons. The number of rotatable bonds is 14. The number of nitrogens with zero attached hydrogens (tertiary/aromatic N) is 3. The molecular weight excluding hydrogens is 486 g/mol. The lowest BCUT2D eigenvalue weighted by atomic mass is 10.1. The molecule has 0 saturated carbocycles. The molecule has 0 aliphatic carbocycles. The minimum Gasteiger partial charge on any atom is -0.480 e. The van der Waals surface area contributed by atoms with E-state index >= 15 is 0 Å². The SMILES string of the molecule is NC(CCC(=O)NC(CS)C(=O)NCC(=O)O)C(=O)O.[N-]=[N+]=NNC(Cc1ccccc1)C(=O)O. The summed E-state index contributed by atoms with van der Waals surface area (Å²) in [6.45, 7) is -0.567. The van der Waals surface area contributed by atoms with Gasteiger partial charge in [0.2, 0.25) is 11.8 Å². The molecule has 0 heterocycles. The van der Waals surface area contributed by atoms with Gasteiger partial charge in [0.1, 0.15) is 18.6 Å². The van der Waals surface area contributed by atoms with E-state index in [-0.39, 0.29) is 25.0 Å². The summed E-state index contributed by atoms with van der Waals surface area (Å²) in [5, 5.41) is 33.2. The van der Waals surface area contributed by atoms with E-state index in [1.165, 1.54) is 0 Å². The van der Waals surface area contributed by atoms with E-state index in [9.17, 15) is 24.0 Å². The average Bonchev–Trinajstić information content (AvgIpc) is 2.82. The van der Waals surface area contributed by atoms with Gasteiger partial charge < -0.3 is 31.7 Å². The summed E-state index contributed by atoms with van der Waals surface area (Å²) in [6.07, 6.45) is 0.0380. The number of amides is 2. The number of hydrogen-bond acceptors (Lipinski definition) is 8. The Labute approximate surface area is 205 Å². The van der Waals surface area contributed by atoms with Crippen molar-refractivity contribution < 1.29 is 39.3 Å². The van der Waals surface area contributed by atoms with Crippen LogP contribution in [0.25, 0.3) is 10.4 Å². The summed E-state index contributed by atoms with van der Waals surface area (Å²) in [4.78, 5) is 57.0. The van der Waals surface area contributed by atoms with Gasteiger partial charge >= 0.3 is 17.9 Å². The normalized spacial score (nSPS) is 12.3. The van der Waals surface area contributed by atoms with Crippen molar-refractivity contribution in [3.8, 4) is 0 Å². The molecule has 2 amide bonds. The predicted octanol–water partition coefficient (Wildman–Crippen LogP) is -0.709. The fourth-order valence-electron chi connectivity index (χ4n) is 2.29. The highest BCUT2D eigenvalue weighted by atomic mass is 32.1. The van der Waals surface area contributed by atoms with Gasteiger partial charge in [-0.3, -0.25) is 19.2 Å². The first-order valence-electron chi connectivity index (χ1n) is 9.96. The summed E-state index contributed by atoms with van der Waals surface area (Å²) < 4.78 is 0. The molecule has 192 valence electrons. The Kier molecular flexibility index (Phi) is 15.5. The summed E-state index contributed by atoms with van der Waals surface area (Å²) in [6, 6.07) is 6.07. The first-order valence-corrected chi connectivity index (χ1v) is 10.6. The molecule has 1 aromatic carbocycles. The van der Waals surface area contributed by atoms with Crippen LogP contribution in [0.1, 0.15) is 18.4 Å². The van der Waals surface area contributed by atoms with E-state index in [2.05, 4.69) is 38.8 Å². The van der Waals surface area contributed by atoms with E-state index in [1.54, 1.807) is 0 Å². The van der Waals surface area contributed by atoms with Crippen molar-refractivity contribution in [1.82, 2.24) is 16.1 Å². The molecule has 0 aliphatic rings. The Morgan fingerprint density at radius 2 is 1.69 bits per heavy atom. The van der Waals surface area contributed by atoms with Crippen molar-refractivity contribution in [1.29, 1.82) is 0 Å². The second-order valence-electron chi connectivity index (χ2n) is 6.80. The number of azide groups is 1. The van der Waals surface area contributed by atoms with Gasteiger partial charge in [-0.25, -0.2) is 10.2 Å². The summed E-state index contributed by atoms with van der Waals surface area (Å²) >= 11 is 3.87. The molecule has 3 unspecified atom stereocenters. The van der Waals surface area contributed by atoms with Crippen molar-refractivity contribution in [3.05, 3.63) is 46.3 Å². The second-order valence-corrected chi connectivity index (χ2v) is 7.16. The van der Waals surface area contributed by atoms with Crippen molar-refractivity contribution in [2.75, 3.05) is 12.3 Å². The largest absolute Gasteiger partial charge is 0.480 e. The first-order chi connectivity index (χ1) is 16.5. The monoisotopic (exact) mass is 513 g/mol. The van der Waals surface area contributed by atoms with E-state index in [4.69, 9.17) is 26.6 Å². The quantitative estimate of drug-likeness (QED) is 0.0509. The minimum atomic E-state index is -1.22. The van der Waals surface area contributed by atoms with Gasteiger partial charge in [-0.2, -0.15) is 17.5 Å². The average molecular weight is 514 g/mol. The van der Waals surface area contributed by atoms with E-state index in [0.29, 0.717) is 0 Å². The van der Waals surface area contributed by atoms with Gasteiger partial charge in [-0.15, -0.1) is 5.53 Å². The molecule has 1 aromatic rings. The molecule has 35 heavy (non-hydrogen) atoms. The van der Waals surface area contributed by atoms with Crippen molar-refractivity contribution >= 4 is 42.4 Å². The number of nitrogens with one attached hydrogen (secondary N) is 3. The lowest BCUT2D eigenvalue weighted by Gasteiger charge is -2.16. The standard InChI is InChI=1S/C10H17N3O6S.C9H10N4O2/c11-5(10(18)19)1-2-7(14)13-6(4-20)9(17)12-3-8(15)16;10-12-13-11-8(9(14)15)6-7-4-2-1-3-5-7/h5-6,20H,1-4,11H2,(H,12,17)(H,13,14)(H,15,16)(H,18,19);1-5,8,11H,6H2,(H,14,15). The van der Waals surface area contributed by atoms with Crippen LogP contribution in [0.5, 0.6) is 0 Å². The zero-order valence-corrected chi connectivity index (χ0v) is 19.3. The van der Waals surface area contributed by atoms with Crippen molar-refractivity contribution in [3.63, 3.8) is 0 Å². The predicted molar refractivity (Wildman–Crippen MR) is 125 cm³/mol. The van der Waals surface area contributed by atoms with E-state index in [0.717, 1.165) is 5.56 Å².